The van der Waals surface area contributed by atoms with Crippen molar-refractivity contribution in [1.82, 2.24) is 0 Å². The zero-order valence-electron chi connectivity index (χ0n) is 14.6. The van der Waals surface area contributed by atoms with Gasteiger partial charge in [-0.3, -0.25) is 14.4 Å². The summed E-state index contributed by atoms with van der Waals surface area (Å²) in [6, 6.07) is 13.4. The van der Waals surface area contributed by atoms with Crippen LogP contribution in [-0.2, 0) is 14.3 Å². The van der Waals surface area contributed by atoms with Crippen LogP contribution < -0.4 is 15.2 Å². The Bertz CT molecular complexity index is 849. The van der Waals surface area contributed by atoms with Crippen molar-refractivity contribution in [1.29, 1.82) is 0 Å². The number of Topliss-reactive ketones (excluding diaryl/α,β-unsaturated/α-hetero) is 1. The molecule has 0 aromatic heterocycles. The van der Waals surface area contributed by atoms with Gasteiger partial charge in [-0.15, -0.1) is 0 Å². The fourth-order valence-corrected chi connectivity index (χ4v) is 2.69. The van der Waals surface area contributed by atoms with Gasteiger partial charge in [0.2, 0.25) is 6.10 Å². The molecule has 1 heterocycles. The Kier molecular flexibility index (Phi) is 5.71. The van der Waals surface area contributed by atoms with Gasteiger partial charge in [-0.1, -0.05) is 30.3 Å². The molecule has 1 aliphatic heterocycles. The highest BCUT2D eigenvalue weighted by atomic mass is 16.6. The topological polar surface area (TPSA) is 105 Å². The molecule has 1 atom stereocenters. The van der Waals surface area contributed by atoms with Gasteiger partial charge in [-0.25, -0.2) is 0 Å². The predicted octanol–water partition coefficient (Wildman–Crippen LogP) is 2.19. The van der Waals surface area contributed by atoms with Crippen LogP contribution in [0.3, 0.4) is 0 Å². The van der Waals surface area contributed by atoms with E-state index in [-0.39, 0.29) is 18.6 Å². The summed E-state index contributed by atoms with van der Waals surface area (Å²) in [4.78, 5) is 36.0. The Morgan fingerprint density at radius 1 is 0.963 bits per heavy atom. The second-order valence-corrected chi connectivity index (χ2v) is 5.96. The van der Waals surface area contributed by atoms with Crippen LogP contribution in [0.5, 0.6) is 11.5 Å². The summed E-state index contributed by atoms with van der Waals surface area (Å²) in [5.41, 5.74) is 6.22. The molecule has 0 spiro atoms. The first-order chi connectivity index (χ1) is 13.0. The summed E-state index contributed by atoms with van der Waals surface area (Å²) < 4.78 is 16.0. The van der Waals surface area contributed by atoms with Crippen molar-refractivity contribution in [2.45, 2.75) is 18.9 Å². The molecule has 0 saturated carbocycles. The summed E-state index contributed by atoms with van der Waals surface area (Å²) in [5, 5.41) is 0. The molecule has 27 heavy (non-hydrogen) atoms. The van der Waals surface area contributed by atoms with Crippen molar-refractivity contribution in [3.8, 4) is 11.5 Å². The molecule has 7 nitrogen and oxygen atoms in total. The minimum absolute atomic E-state index is 0.0568. The number of fused-ring (bicyclic) bond motifs is 1. The third kappa shape index (κ3) is 4.63. The summed E-state index contributed by atoms with van der Waals surface area (Å²) >= 11 is 0. The van der Waals surface area contributed by atoms with Crippen LogP contribution in [0.25, 0.3) is 0 Å². The number of rotatable bonds is 7. The van der Waals surface area contributed by atoms with Gasteiger partial charge in [0.15, 0.2) is 17.3 Å². The average molecular weight is 369 g/mol. The molecule has 1 aliphatic rings. The Morgan fingerprint density at radius 3 is 2.37 bits per heavy atom. The second kappa shape index (κ2) is 8.35. The van der Waals surface area contributed by atoms with Crippen LogP contribution in [0.1, 0.15) is 34.9 Å². The average Bonchev–Trinajstić information content (AvgIpc) is 2.70. The number of ether oxygens (including phenoxy) is 3. The molecule has 2 aromatic carbocycles. The minimum Gasteiger partial charge on any atom is -0.486 e. The highest BCUT2D eigenvalue weighted by Gasteiger charge is 2.23. The van der Waals surface area contributed by atoms with Gasteiger partial charge in [0.1, 0.15) is 13.2 Å². The Morgan fingerprint density at radius 2 is 1.67 bits per heavy atom. The summed E-state index contributed by atoms with van der Waals surface area (Å²) in [5.74, 6) is -0.586. The summed E-state index contributed by atoms with van der Waals surface area (Å²) in [6.07, 6.45) is -1.40. The van der Waals surface area contributed by atoms with E-state index in [1.54, 1.807) is 48.5 Å². The zero-order chi connectivity index (χ0) is 19.2. The van der Waals surface area contributed by atoms with Crippen LogP contribution in [0.2, 0.25) is 0 Å². The van der Waals surface area contributed by atoms with E-state index in [0.29, 0.717) is 35.8 Å². The number of nitrogens with two attached hydrogens (primary N) is 1. The zero-order valence-corrected chi connectivity index (χ0v) is 14.6. The maximum Gasteiger partial charge on any atom is 0.307 e. The summed E-state index contributed by atoms with van der Waals surface area (Å²) in [7, 11) is 0. The number of benzene rings is 2. The van der Waals surface area contributed by atoms with Crippen molar-refractivity contribution in [3.05, 3.63) is 59.7 Å². The van der Waals surface area contributed by atoms with Gasteiger partial charge in [0.05, 0.1) is 6.42 Å². The van der Waals surface area contributed by atoms with Gasteiger partial charge in [-0.2, -0.15) is 0 Å². The van der Waals surface area contributed by atoms with E-state index in [2.05, 4.69) is 0 Å². The summed E-state index contributed by atoms with van der Waals surface area (Å²) in [6.45, 7) is 0.888. The Balaban J connectivity index is 1.58. The van der Waals surface area contributed by atoms with Crippen molar-refractivity contribution in [3.63, 3.8) is 0 Å². The van der Waals surface area contributed by atoms with Gasteiger partial charge in [-0.05, 0) is 18.2 Å². The number of amides is 1. The fraction of sp³-hybridized carbons (Fsp3) is 0.250. The number of ketones is 1. The van der Waals surface area contributed by atoms with E-state index >= 15 is 0 Å². The first kappa shape index (κ1) is 18.4. The highest BCUT2D eigenvalue weighted by Crippen LogP contribution is 2.31. The van der Waals surface area contributed by atoms with E-state index in [4.69, 9.17) is 19.9 Å². The van der Waals surface area contributed by atoms with E-state index in [9.17, 15) is 14.4 Å². The number of carbonyl (C=O) groups is 3. The normalized spacial score (nSPS) is 13.5. The molecule has 1 amide bonds. The monoisotopic (exact) mass is 369 g/mol. The second-order valence-electron chi connectivity index (χ2n) is 5.96. The van der Waals surface area contributed by atoms with E-state index in [1.807, 2.05) is 0 Å². The largest absolute Gasteiger partial charge is 0.486 e. The van der Waals surface area contributed by atoms with E-state index in [1.165, 1.54) is 0 Å². The SMILES string of the molecule is NC(=O)[C@@H](OC(=O)CCC(=O)c1ccc2c(c1)OCCO2)c1ccccc1. The Hall–Kier alpha value is -3.35. The predicted molar refractivity (Wildman–Crippen MR) is 95.5 cm³/mol. The number of carbonyl (C=O) groups excluding carboxylic acids is 3. The van der Waals surface area contributed by atoms with Crippen molar-refractivity contribution in [2.24, 2.45) is 5.73 Å². The maximum absolute atomic E-state index is 12.3. The highest BCUT2D eigenvalue weighted by molar-refractivity contribution is 5.98. The standard InChI is InChI=1S/C20H19NO6/c21-20(24)19(13-4-2-1-3-5-13)27-18(23)9-7-15(22)14-6-8-16-17(12-14)26-11-10-25-16/h1-6,8,12,19H,7,9-11H2,(H2,21,24)/t19-/m0/s1. The number of hydrogen-bond acceptors (Lipinski definition) is 6. The molecular weight excluding hydrogens is 350 g/mol. The first-order valence-electron chi connectivity index (χ1n) is 8.51. The van der Waals surface area contributed by atoms with Crippen molar-refractivity contribution >= 4 is 17.7 Å². The fourth-order valence-electron chi connectivity index (χ4n) is 2.69. The molecule has 0 unspecified atom stereocenters. The molecule has 3 rings (SSSR count). The van der Waals surface area contributed by atoms with Crippen molar-refractivity contribution in [2.75, 3.05) is 13.2 Å². The molecule has 2 aromatic rings. The van der Waals surface area contributed by atoms with Crippen LogP contribution in [0, 0.1) is 0 Å². The maximum atomic E-state index is 12.3. The lowest BCUT2D eigenvalue weighted by atomic mass is 10.1. The minimum atomic E-state index is -1.18. The molecule has 0 bridgehead atoms. The third-order valence-electron chi connectivity index (χ3n) is 4.03. The lowest BCUT2D eigenvalue weighted by Crippen LogP contribution is -2.26. The van der Waals surface area contributed by atoms with Crippen LogP contribution in [-0.4, -0.2) is 30.9 Å². The van der Waals surface area contributed by atoms with Crippen molar-refractivity contribution < 1.29 is 28.6 Å². The molecule has 140 valence electrons. The quantitative estimate of drug-likeness (QED) is 0.592. The molecule has 7 heteroatoms. The number of hydrogen-bond donors (Lipinski definition) is 1. The molecule has 0 fully saturated rings. The van der Waals surface area contributed by atoms with Gasteiger partial charge >= 0.3 is 5.97 Å². The molecular formula is C20H19NO6. The molecule has 0 saturated heterocycles. The molecule has 2 N–H and O–H groups in total. The Labute approximate surface area is 156 Å². The van der Waals surface area contributed by atoms with Crippen LogP contribution in [0.15, 0.2) is 48.5 Å². The van der Waals surface area contributed by atoms with Crippen LogP contribution >= 0.6 is 0 Å². The number of esters is 1. The van der Waals surface area contributed by atoms with Gasteiger partial charge in [0.25, 0.3) is 5.91 Å². The van der Waals surface area contributed by atoms with Gasteiger partial charge in [0, 0.05) is 17.5 Å². The third-order valence-corrected chi connectivity index (χ3v) is 4.03. The molecule has 0 radical (unpaired) electrons. The lowest BCUT2D eigenvalue weighted by Gasteiger charge is -2.18. The number of primary amides is 1. The van der Waals surface area contributed by atoms with Crippen LogP contribution in [0.4, 0.5) is 0 Å². The molecule has 0 aliphatic carbocycles. The van der Waals surface area contributed by atoms with E-state index in [0.717, 1.165) is 0 Å². The lowest BCUT2D eigenvalue weighted by molar-refractivity contribution is -0.155. The van der Waals surface area contributed by atoms with Gasteiger partial charge < -0.3 is 19.9 Å². The van der Waals surface area contributed by atoms with E-state index < -0.39 is 18.0 Å². The smallest absolute Gasteiger partial charge is 0.307 e. The first-order valence-corrected chi connectivity index (χ1v) is 8.51.